The summed E-state index contributed by atoms with van der Waals surface area (Å²) in [7, 11) is -5.95. The summed E-state index contributed by atoms with van der Waals surface area (Å²) in [6, 6.07) is 6.81. The van der Waals surface area contributed by atoms with Crippen molar-refractivity contribution in [2.24, 2.45) is 11.7 Å². The molecule has 5 aliphatic rings. The Bertz CT molecular complexity index is 3440. The van der Waals surface area contributed by atoms with Crippen LogP contribution >= 0.6 is 18.9 Å². The molecule has 1 unspecified atom stereocenters. The molecule has 9 rings (SSSR count). The van der Waals surface area contributed by atoms with Crippen LogP contribution in [-0.4, -0.2) is 165 Å². The van der Waals surface area contributed by atoms with E-state index in [1.807, 2.05) is 0 Å². The summed E-state index contributed by atoms with van der Waals surface area (Å²) in [4.78, 5) is 145. The molecular formula is C57H61F5N9O13PS. The number of benzene rings is 3. The van der Waals surface area contributed by atoms with Crippen LogP contribution in [0.3, 0.4) is 0 Å². The van der Waals surface area contributed by atoms with Crippen LogP contribution in [0.5, 0.6) is 0 Å². The van der Waals surface area contributed by atoms with Crippen molar-refractivity contribution >= 4 is 82.4 Å². The van der Waals surface area contributed by atoms with Crippen molar-refractivity contribution in [1.29, 1.82) is 0 Å². The number of hydrogen-bond acceptors (Lipinski definition) is 13. The van der Waals surface area contributed by atoms with Crippen LogP contribution in [0.25, 0.3) is 10.1 Å². The minimum Gasteiger partial charge on any atom is -0.447 e. The predicted octanol–water partition coefficient (Wildman–Crippen LogP) is 3.84. The Labute approximate surface area is 492 Å². The molecule has 6 atom stereocenters. The van der Waals surface area contributed by atoms with E-state index in [9.17, 15) is 79.5 Å². The van der Waals surface area contributed by atoms with Gasteiger partial charge in [-0.2, -0.15) is 8.78 Å². The van der Waals surface area contributed by atoms with Gasteiger partial charge in [-0.25, -0.2) is 18.0 Å². The fourth-order valence-corrected chi connectivity index (χ4v) is 13.1. The van der Waals surface area contributed by atoms with Crippen LogP contribution in [0.2, 0.25) is 0 Å². The number of nitrogens with zero attached hydrogens (tertiary/aromatic N) is 4. The largest absolute Gasteiger partial charge is 0.447 e. The number of halogens is 5. The Morgan fingerprint density at radius 1 is 0.907 bits per heavy atom. The summed E-state index contributed by atoms with van der Waals surface area (Å²) >= 11 is 0.787. The molecule has 5 aliphatic heterocycles. The molecule has 458 valence electrons. The Hall–Kier alpha value is -7.83. The number of carbonyl (C=O) groups excluding carboxylic acids is 9. The molecule has 29 heteroatoms. The first-order valence-electron chi connectivity index (χ1n) is 27.8. The Kier molecular flexibility index (Phi) is 19.3. The summed E-state index contributed by atoms with van der Waals surface area (Å²) in [5, 5.41) is 10.0. The fourth-order valence-electron chi connectivity index (χ4n) is 11.6. The number of primary amides is 1. The van der Waals surface area contributed by atoms with Gasteiger partial charge in [-0.1, -0.05) is 36.1 Å². The van der Waals surface area contributed by atoms with Gasteiger partial charge in [0.25, 0.3) is 18.2 Å². The highest BCUT2D eigenvalue weighted by atomic mass is 32.1. The third kappa shape index (κ3) is 14.4. The lowest BCUT2D eigenvalue weighted by Crippen LogP contribution is -2.62. The number of carbonyl (C=O) groups is 9. The number of hydrogen-bond donors (Lipinski definition) is 7. The molecule has 6 heterocycles. The molecule has 0 spiro atoms. The molecule has 0 aliphatic carbocycles. The predicted molar refractivity (Wildman–Crippen MR) is 297 cm³/mol. The van der Waals surface area contributed by atoms with Crippen LogP contribution in [-0.2, 0) is 56.7 Å². The first kappa shape index (κ1) is 62.7. The van der Waals surface area contributed by atoms with E-state index < -0.39 is 129 Å². The third-order valence-electron chi connectivity index (χ3n) is 16.1. The molecule has 1 aromatic heterocycles. The van der Waals surface area contributed by atoms with Gasteiger partial charge in [-0.3, -0.25) is 53.1 Å². The van der Waals surface area contributed by atoms with E-state index >= 15 is 0 Å². The highest BCUT2D eigenvalue weighted by Gasteiger charge is 2.51. The second-order valence-corrected chi connectivity index (χ2v) is 24.6. The summed E-state index contributed by atoms with van der Waals surface area (Å²) in [6.07, 6.45) is -1.40. The number of thiophene rings is 1. The van der Waals surface area contributed by atoms with Crippen molar-refractivity contribution < 1.29 is 84.2 Å². The Morgan fingerprint density at radius 3 is 2.35 bits per heavy atom. The van der Waals surface area contributed by atoms with E-state index in [2.05, 4.69) is 33.1 Å². The number of nitrogens with one attached hydrogen (secondary N) is 4. The first-order valence-corrected chi connectivity index (χ1v) is 30.2. The van der Waals surface area contributed by atoms with Gasteiger partial charge < -0.3 is 50.9 Å². The SMILES string of the molecule is NC(=O)OC[C@H](NC(=O)[C@@H]1CC[C@@H]2CCN(CC(F)F)C[C@H](NC(=O)c3cc4cc(C(F)(F)P(=O)(O)O)ccc4s3)C(=O)N21)C(=O)N[C@@H](Cc1ccc(F)cc1)C(=O)N1CCC(CCC#Cc2cccc3c2CN(C2CCC(=O)NC2=O)C3=O)CC1. The van der Waals surface area contributed by atoms with Crippen LogP contribution in [0.1, 0.15) is 100 Å². The van der Waals surface area contributed by atoms with Gasteiger partial charge in [0.2, 0.25) is 35.4 Å². The Morgan fingerprint density at radius 2 is 1.65 bits per heavy atom. The zero-order valence-corrected chi connectivity index (χ0v) is 47.7. The molecule has 0 bridgehead atoms. The average Bonchev–Trinajstić information content (AvgIpc) is 3.14. The Balaban J connectivity index is 0.857. The number of likely N-dealkylation sites (tertiary alicyclic amines) is 1. The normalized spacial score (nSPS) is 21.1. The fraction of sp³-hybridized carbons (Fsp3) is 0.456. The molecule has 22 nitrogen and oxygen atoms in total. The lowest BCUT2D eigenvalue weighted by atomic mass is 9.91. The maximum atomic E-state index is 14.7. The number of ether oxygens (including phenoxy) is 1. The van der Waals surface area contributed by atoms with Crippen LogP contribution in [0, 0.1) is 23.6 Å². The molecule has 4 saturated heterocycles. The van der Waals surface area contributed by atoms with E-state index in [-0.39, 0.29) is 97.4 Å². The van der Waals surface area contributed by atoms with Gasteiger partial charge in [0, 0.05) is 79.4 Å². The quantitative estimate of drug-likeness (QED) is 0.0323. The molecule has 8 N–H and O–H groups in total. The number of rotatable bonds is 18. The maximum Gasteiger partial charge on any atom is 0.404 e. The number of nitrogens with two attached hydrogens (primary N) is 1. The summed E-state index contributed by atoms with van der Waals surface area (Å²) in [5.74, 6) is 0.517. The van der Waals surface area contributed by atoms with Gasteiger partial charge in [-0.05, 0) is 110 Å². The van der Waals surface area contributed by atoms with E-state index in [0.717, 1.165) is 35.6 Å². The third-order valence-corrected chi connectivity index (χ3v) is 18.2. The highest BCUT2D eigenvalue weighted by Crippen LogP contribution is 2.59. The molecule has 4 aromatic rings. The van der Waals surface area contributed by atoms with Gasteiger partial charge in [0.1, 0.15) is 42.6 Å². The van der Waals surface area contributed by atoms with Gasteiger partial charge >= 0.3 is 19.4 Å². The molecular weight excluding hydrogens is 1180 g/mol. The van der Waals surface area contributed by atoms with Gasteiger partial charge in [0.05, 0.1) is 11.4 Å². The lowest BCUT2D eigenvalue weighted by molar-refractivity contribution is -0.144. The van der Waals surface area contributed by atoms with Crippen LogP contribution in [0.15, 0.2) is 66.7 Å². The van der Waals surface area contributed by atoms with Crippen molar-refractivity contribution in [3.8, 4) is 11.8 Å². The van der Waals surface area contributed by atoms with Gasteiger partial charge in [0.15, 0.2) is 0 Å². The minimum atomic E-state index is -5.95. The maximum absolute atomic E-state index is 14.7. The number of amides is 9. The van der Waals surface area contributed by atoms with Crippen molar-refractivity contribution in [1.82, 2.24) is 40.9 Å². The van der Waals surface area contributed by atoms with Crippen molar-refractivity contribution in [2.45, 2.75) is 119 Å². The highest BCUT2D eigenvalue weighted by molar-refractivity contribution is 7.52. The minimum absolute atomic E-state index is 0.00463. The second-order valence-electron chi connectivity index (χ2n) is 21.8. The molecule has 3 aromatic carbocycles. The molecule has 9 amide bonds. The summed E-state index contributed by atoms with van der Waals surface area (Å²) < 4.78 is 87.9. The monoisotopic (exact) mass is 1240 g/mol. The molecule has 0 radical (unpaired) electrons. The summed E-state index contributed by atoms with van der Waals surface area (Å²) in [5.41, 5.74) is 1.97. The van der Waals surface area contributed by atoms with Crippen LogP contribution in [0.4, 0.5) is 26.7 Å². The van der Waals surface area contributed by atoms with Crippen molar-refractivity contribution in [2.75, 3.05) is 39.3 Å². The van der Waals surface area contributed by atoms with Crippen molar-refractivity contribution in [3.63, 3.8) is 0 Å². The molecule has 0 saturated carbocycles. The summed E-state index contributed by atoms with van der Waals surface area (Å²) in [6.45, 7) is -1.36. The van der Waals surface area contributed by atoms with Gasteiger partial charge in [-0.15, -0.1) is 11.3 Å². The topological polar surface area (TPSA) is 307 Å². The number of fused-ring (bicyclic) bond motifs is 3. The average molecular weight is 1240 g/mol. The van der Waals surface area contributed by atoms with E-state index in [1.54, 1.807) is 23.1 Å². The number of piperidine rings is 2. The zero-order chi connectivity index (χ0) is 61.8. The van der Waals surface area contributed by atoms with E-state index in [0.29, 0.717) is 47.9 Å². The second kappa shape index (κ2) is 26.4. The first-order chi connectivity index (χ1) is 40.8. The van der Waals surface area contributed by atoms with Crippen molar-refractivity contribution in [3.05, 3.63) is 105 Å². The van der Waals surface area contributed by atoms with E-state index in [4.69, 9.17) is 10.5 Å². The molecule has 86 heavy (non-hydrogen) atoms. The number of imide groups is 1. The smallest absolute Gasteiger partial charge is 0.404 e. The van der Waals surface area contributed by atoms with Crippen LogP contribution < -0.4 is 27.0 Å². The van der Waals surface area contributed by atoms with E-state index in [1.165, 1.54) is 39.0 Å². The molecule has 4 fully saturated rings. The lowest BCUT2D eigenvalue weighted by Gasteiger charge is -2.38. The standard InChI is InChI=1S/C57H61F5N9O13PS/c58-36-11-8-32(9-12-36)24-40(54(78)69-22-18-31(19-23-69)4-1-2-5-33-6-3-7-38-39(33)27-70(53(38)77)43-15-17-48(72)67-50(43)74)64-49(73)42(30-84-56(63)80)66-51(75)44-14-13-37-20-21-68(29-47(59)60)28-41(55(79)71(37)44)65-52(76)46-26-34-25-35(10-16-45(34)86-46)57(61,62)85(81,82)83/h3,6-12,16,25-26,31,37,40-44,47H,1,4,13-15,17-24,27-30H2,(H2,63,80)(H,64,73)(H,65,76)(H,66,75)(H,67,72,74)(H2,81,82,83)/t37-,40+,41+,42+,43?,44+/m1/s1. The number of alkyl halides is 4. The zero-order valence-electron chi connectivity index (χ0n) is 46.0.